The molecule has 3 rings (SSSR count). The summed E-state index contributed by atoms with van der Waals surface area (Å²) in [6.07, 6.45) is 0.635. The summed E-state index contributed by atoms with van der Waals surface area (Å²) in [5.41, 5.74) is 4.08. The Labute approximate surface area is 166 Å². The molecule has 0 spiro atoms. The number of hydrogen-bond acceptors (Lipinski definition) is 3. The fourth-order valence-electron chi connectivity index (χ4n) is 3.09. The highest BCUT2D eigenvalue weighted by atomic mass is 19.1. The number of halogens is 1. The lowest BCUT2D eigenvalue weighted by atomic mass is 10.1. The standard InChI is InChI=1S/C24H26FNO2/c1-18-8-3-4-10-21(18)17-28-24-20(11-7-13-23(24)27-2)16-26-15-14-19-9-5-6-12-22(19)25/h3-13,26H,14-17H2,1-2H3. The molecule has 0 radical (unpaired) electrons. The van der Waals surface area contributed by atoms with Crippen LogP contribution < -0.4 is 14.8 Å². The predicted molar refractivity (Wildman–Crippen MR) is 110 cm³/mol. The first-order valence-corrected chi connectivity index (χ1v) is 9.46. The van der Waals surface area contributed by atoms with Gasteiger partial charge in [0.15, 0.2) is 11.5 Å². The van der Waals surface area contributed by atoms with Gasteiger partial charge < -0.3 is 14.8 Å². The Hall–Kier alpha value is -2.85. The number of nitrogens with one attached hydrogen (secondary N) is 1. The lowest BCUT2D eigenvalue weighted by Crippen LogP contribution is -2.18. The van der Waals surface area contributed by atoms with Crippen LogP contribution in [-0.2, 0) is 19.6 Å². The fourth-order valence-corrected chi connectivity index (χ4v) is 3.09. The third-order valence-corrected chi connectivity index (χ3v) is 4.76. The maximum absolute atomic E-state index is 13.7. The van der Waals surface area contributed by atoms with Gasteiger partial charge in [0.25, 0.3) is 0 Å². The molecule has 0 fully saturated rings. The molecule has 0 unspecified atom stereocenters. The van der Waals surface area contributed by atoms with Crippen LogP contribution in [0.2, 0.25) is 0 Å². The molecule has 0 saturated heterocycles. The van der Waals surface area contributed by atoms with Crippen molar-refractivity contribution in [2.75, 3.05) is 13.7 Å². The Morgan fingerprint density at radius 2 is 1.57 bits per heavy atom. The zero-order chi connectivity index (χ0) is 19.8. The fraction of sp³-hybridized carbons (Fsp3) is 0.250. The predicted octanol–water partition coefficient (Wildman–Crippen LogP) is 5.05. The summed E-state index contributed by atoms with van der Waals surface area (Å²) >= 11 is 0. The van der Waals surface area contributed by atoms with Crippen molar-refractivity contribution in [2.24, 2.45) is 0 Å². The van der Waals surface area contributed by atoms with Crippen LogP contribution in [0.4, 0.5) is 4.39 Å². The highest BCUT2D eigenvalue weighted by Crippen LogP contribution is 2.32. The van der Waals surface area contributed by atoms with Crippen LogP contribution in [0.15, 0.2) is 66.7 Å². The summed E-state index contributed by atoms with van der Waals surface area (Å²) < 4.78 is 25.4. The summed E-state index contributed by atoms with van der Waals surface area (Å²) in [6, 6.07) is 20.9. The quantitative estimate of drug-likeness (QED) is 0.528. The summed E-state index contributed by atoms with van der Waals surface area (Å²) in [5, 5.41) is 3.38. The second-order valence-corrected chi connectivity index (χ2v) is 6.68. The molecular weight excluding hydrogens is 353 g/mol. The third-order valence-electron chi connectivity index (χ3n) is 4.76. The van der Waals surface area contributed by atoms with Gasteiger partial charge in [0.2, 0.25) is 0 Å². The maximum Gasteiger partial charge on any atom is 0.166 e. The molecular formula is C24H26FNO2. The van der Waals surface area contributed by atoms with Crippen molar-refractivity contribution in [2.45, 2.75) is 26.5 Å². The normalized spacial score (nSPS) is 10.7. The molecule has 0 aliphatic carbocycles. The summed E-state index contributed by atoms with van der Waals surface area (Å²) in [4.78, 5) is 0. The molecule has 0 aromatic heterocycles. The number of rotatable bonds is 9. The Balaban J connectivity index is 1.64. The van der Waals surface area contributed by atoms with Gasteiger partial charge in [-0.2, -0.15) is 0 Å². The Morgan fingerprint density at radius 3 is 2.32 bits per heavy atom. The Morgan fingerprint density at radius 1 is 0.857 bits per heavy atom. The number of hydrogen-bond donors (Lipinski definition) is 1. The monoisotopic (exact) mass is 379 g/mol. The smallest absolute Gasteiger partial charge is 0.166 e. The van der Waals surface area contributed by atoms with Crippen LogP contribution in [0.3, 0.4) is 0 Å². The van der Waals surface area contributed by atoms with E-state index in [4.69, 9.17) is 9.47 Å². The minimum atomic E-state index is -0.159. The van der Waals surface area contributed by atoms with Gasteiger partial charge in [0, 0.05) is 12.1 Å². The summed E-state index contributed by atoms with van der Waals surface area (Å²) in [5.74, 6) is 1.29. The van der Waals surface area contributed by atoms with E-state index in [2.05, 4.69) is 24.4 Å². The molecule has 0 saturated carbocycles. The number of ether oxygens (including phenoxy) is 2. The van der Waals surface area contributed by atoms with Crippen LogP contribution >= 0.6 is 0 Å². The van der Waals surface area contributed by atoms with Crippen molar-refractivity contribution in [3.63, 3.8) is 0 Å². The van der Waals surface area contributed by atoms with Crippen LogP contribution in [0, 0.1) is 12.7 Å². The van der Waals surface area contributed by atoms with Gasteiger partial charge in [-0.3, -0.25) is 0 Å². The van der Waals surface area contributed by atoms with Gasteiger partial charge in [0.1, 0.15) is 12.4 Å². The van der Waals surface area contributed by atoms with Crippen LogP contribution in [0.1, 0.15) is 22.3 Å². The molecule has 0 aliphatic heterocycles. The van der Waals surface area contributed by atoms with Crippen LogP contribution in [0.5, 0.6) is 11.5 Å². The molecule has 28 heavy (non-hydrogen) atoms. The number of benzene rings is 3. The molecule has 1 N–H and O–H groups in total. The first kappa shape index (κ1) is 19.9. The SMILES string of the molecule is COc1cccc(CNCCc2ccccc2F)c1OCc1ccccc1C. The van der Waals surface area contributed by atoms with Crippen molar-refractivity contribution < 1.29 is 13.9 Å². The van der Waals surface area contributed by atoms with E-state index in [0.29, 0.717) is 31.9 Å². The average molecular weight is 379 g/mol. The van der Waals surface area contributed by atoms with Gasteiger partial charge in [-0.05, 0) is 48.7 Å². The van der Waals surface area contributed by atoms with Crippen molar-refractivity contribution in [3.8, 4) is 11.5 Å². The van der Waals surface area contributed by atoms with Crippen LogP contribution in [-0.4, -0.2) is 13.7 Å². The van der Waals surface area contributed by atoms with Crippen molar-refractivity contribution in [1.29, 1.82) is 0 Å². The highest BCUT2D eigenvalue weighted by molar-refractivity contribution is 5.47. The zero-order valence-corrected chi connectivity index (χ0v) is 16.4. The first-order valence-electron chi connectivity index (χ1n) is 9.46. The largest absolute Gasteiger partial charge is 0.493 e. The second-order valence-electron chi connectivity index (χ2n) is 6.68. The van der Waals surface area contributed by atoms with Crippen molar-refractivity contribution in [3.05, 3.63) is 94.8 Å². The Kier molecular flexibility index (Phi) is 7.04. The molecule has 0 bridgehead atoms. The van der Waals surface area contributed by atoms with Crippen molar-refractivity contribution in [1.82, 2.24) is 5.32 Å². The van der Waals surface area contributed by atoms with Crippen molar-refractivity contribution >= 4 is 0 Å². The average Bonchev–Trinajstić information content (AvgIpc) is 2.72. The number of aryl methyl sites for hydroxylation is 1. The molecule has 0 aliphatic rings. The van der Waals surface area contributed by atoms with Gasteiger partial charge in [-0.1, -0.05) is 54.6 Å². The van der Waals surface area contributed by atoms with E-state index in [1.165, 1.54) is 11.6 Å². The van der Waals surface area contributed by atoms with Crippen LogP contribution in [0.25, 0.3) is 0 Å². The van der Waals surface area contributed by atoms with Gasteiger partial charge >= 0.3 is 0 Å². The summed E-state index contributed by atoms with van der Waals surface area (Å²) in [6.45, 7) is 3.85. The van der Waals surface area contributed by atoms with E-state index in [0.717, 1.165) is 22.4 Å². The van der Waals surface area contributed by atoms with E-state index >= 15 is 0 Å². The lowest BCUT2D eigenvalue weighted by Gasteiger charge is -2.16. The van der Waals surface area contributed by atoms with E-state index in [-0.39, 0.29) is 5.82 Å². The molecule has 0 heterocycles. The maximum atomic E-state index is 13.7. The third kappa shape index (κ3) is 5.11. The van der Waals surface area contributed by atoms with Gasteiger partial charge in [-0.25, -0.2) is 4.39 Å². The Bertz CT molecular complexity index is 911. The van der Waals surface area contributed by atoms with Gasteiger partial charge in [-0.15, -0.1) is 0 Å². The van der Waals surface area contributed by atoms with Gasteiger partial charge in [0.05, 0.1) is 7.11 Å². The van der Waals surface area contributed by atoms with E-state index in [1.807, 2.05) is 42.5 Å². The molecule has 0 amide bonds. The molecule has 3 nitrogen and oxygen atoms in total. The topological polar surface area (TPSA) is 30.5 Å². The molecule has 146 valence electrons. The molecule has 0 atom stereocenters. The highest BCUT2D eigenvalue weighted by Gasteiger charge is 2.11. The minimum absolute atomic E-state index is 0.159. The second kappa shape index (κ2) is 9.90. The van der Waals surface area contributed by atoms with E-state index < -0.39 is 0 Å². The lowest BCUT2D eigenvalue weighted by molar-refractivity contribution is 0.280. The van der Waals surface area contributed by atoms with E-state index in [1.54, 1.807) is 13.2 Å². The molecule has 3 aromatic carbocycles. The number of para-hydroxylation sites is 1. The zero-order valence-electron chi connectivity index (χ0n) is 16.4. The molecule has 4 heteroatoms. The molecule has 3 aromatic rings. The first-order chi connectivity index (χ1) is 13.7. The number of methoxy groups -OCH3 is 1. The minimum Gasteiger partial charge on any atom is -0.493 e. The summed E-state index contributed by atoms with van der Waals surface area (Å²) in [7, 11) is 1.64. The van der Waals surface area contributed by atoms with E-state index in [9.17, 15) is 4.39 Å².